The van der Waals surface area contributed by atoms with Gasteiger partial charge in [-0.05, 0) is 37.1 Å². The van der Waals surface area contributed by atoms with Crippen LogP contribution in [0.4, 0.5) is 10.1 Å². The summed E-state index contributed by atoms with van der Waals surface area (Å²) in [6.45, 7) is 2.81. The summed E-state index contributed by atoms with van der Waals surface area (Å²) in [6, 6.07) is 6.47. The Hall–Kier alpha value is -1.62. The Morgan fingerprint density at radius 1 is 1.09 bits per heavy atom. The SMILES string of the molecule is O=C(CC1(O)CCCC1)N1CCN(c2ccc(F)cc2)CC1. The Morgan fingerprint density at radius 2 is 1.68 bits per heavy atom. The quantitative estimate of drug-likeness (QED) is 0.931. The number of nitrogens with zero attached hydrogens (tertiary/aromatic N) is 2. The molecule has 1 heterocycles. The van der Waals surface area contributed by atoms with E-state index in [-0.39, 0.29) is 18.1 Å². The summed E-state index contributed by atoms with van der Waals surface area (Å²) in [5.41, 5.74) is 0.216. The molecular weight excluding hydrogens is 283 g/mol. The zero-order valence-electron chi connectivity index (χ0n) is 12.8. The minimum Gasteiger partial charge on any atom is -0.389 e. The van der Waals surface area contributed by atoms with Crippen LogP contribution >= 0.6 is 0 Å². The van der Waals surface area contributed by atoms with E-state index in [1.54, 1.807) is 12.1 Å². The topological polar surface area (TPSA) is 43.8 Å². The predicted molar refractivity (Wildman–Crippen MR) is 83.2 cm³/mol. The molecule has 1 aromatic rings. The Kier molecular flexibility index (Phi) is 4.34. The molecule has 3 rings (SSSR count). The van der Waals surface area contributed by atoms with Crippen molar-refractivity contribution in [2.24, 2.45) is 0 Å². The van der Waals surface area contributed by atoms with Gasteiger partial charge in [-0.25, -0.2) is 4.39 Å². The van der Waals surface area contributed by atoms with Gasteiger partial charge in [0.1, 0.15) is 5.82 Å². The van der Waals surface area contributed by atoms with Crippen LogP contribution in [0.25, 0.3) is 0 Å². The fourth-order valence-electron chi connectivity index (χ4n) is 3.47. The first-order valence-electron chi connectivity index (χ1n) is 8.06. The van der Waals surface area contributed by atoms with Crippen LogP contribution in [0.2, 0.25) is 0 Å². The monoisotopic (exact) mass is 306 g/mol. The number of benzene rings is 1. The van der Waals surface area contributed by atoms with E-state index in [0.29, 0.717) is 13.1 Å². The molecule has 0 spiro atoms. The van der Waals surface area contributed by atoms with Gasteiger partial charge >= 0.3 is 0 Å². The highest BCUT2D eigenvalue weighted by atomic mass is 19.1. The number of hydrogen-bond acceptors (Lipinski definition) is 3. The average molecular weight is 306 g/mol. The summed E-state index contributed by atoms with van der Waals surface area (Å²) in [5.74, 6) is -0.175. The van der Waals surface area contributed by atoms with Gasteiger partial charge in [0.25, 0.3) is 0 Å². The van der Waals surface area contributed by atoms with E-state index in [1.165, 1.54) is 12.1 Å². The highest BCUT2D eigenvalue weighted by Crippen LogP contribution is 2.33. The summed E-state index contributed by atoms with van der Waals surface area (Å²) in [7, 11) is 0. The molecule has 1 N–H and O–H groups in total. The van der Waals surface area contributed by atoms with Gasteiger partial charge in [0.2, 0.25) is 5.91 Å². The molecular formula is C17H23FN2O2. The van der Waals surface area contributed by atoms with Crippen LogP contribution in [0.15, 0.2) is 24.3 Å². The fraction of sp³-hybridized carbons (Fsp3) is 0.588. The molecule has 120 valence electrons. The van der Waals surface area contributed by atoms with E-state index in [9.17, 15) is 14.3 Å². The first-order chi connectivity index (χ1) is 10.6. The van der Waals surface area contributed by atoms with Crippen LogP contribution in [0.5, 0.6) is 0 Å². The third kappa shape index (κ3) is 3.40. The Balaban J connectivity index is 1.52. The van der Waals surface area contributed by atoms with Gasteiger partial charge in [-0.1, -0.05) is 12.8 Å². The molecule has 0 aromatic heterocycles. The second-order valence-corrected chi connectivity index (χ2v) is 6.45. The number of aliphatic hydroxyl groups is 1. The zero-order chi connectivity index (χ0) is 15.6. The number of carbonyl (C=O) groups is 1. The molecule has 0 bridgehead atoms. The maximum Gasteiger partial charge on any atom is 0.225 e. The van der Waals surface area contributed by atoms with E-state index in [4.69, 9.17) is 0 Å². The molecule has 2 aliphatic rings. The Morgan fingerprint density at radius 3 is 2.27 bits per heavy atom. The van der Waals surface area contributed by atoms with Gasteiger partial charge in [0, 0.05) is 31.9 Å². The second-order valence-electron chi connectivity index (χ2n) is 6.45. The van der Waals surface area contributed by atoms with E-state index < -0.39 is 5.60 Å². The van der Waals surface area contributed by atoms with Crippen LogP contribution < -0.4 is 4.90 Å². The molecule has 0 atom stereocenters. The first kappa shape index (κ1) is 15.3. The van der Waals surface area contributed by atoms with Crippen molar-refractivity contribution in [1.82, 2.24) is 4.90 Å². The van der Waals surface area contributed by atoms with Gasteiger partial charge in [0.05, 0.1) is 12.0 Å². The van der Waals surface area contributed by atoms with Crippen molar-refractivity contribution in [2.75, 3.05) is 31.1 Å². The van der Waals surface area contributed by atoms with E-state index in [2.05, 4.69) is 4.90 Å². The summed E-state index contributed by atoms with van der Waals surface area (Å²) >= 11 is 0. The van der Waals surface area contributed by atoms with Gasteiger partial charge in [-0.2, -0.15) is 0 Å². The number of rotatable bonds is 3. The molecule has 1 saturated carbocycles. The van der Waals surface area contributed by atoms with Gasteiger partial charge in [0.15, 0.2) is 0 Å². The summed E-state index contributed by atoms with van der Waals surface area (Å²) in [5, 5.41) is 10.4. The Labute approximate surface area is 130 Å². The highest BCUT2D eigenvalue weighted by molar-refractivity contribution is 5.77. The smallest absolute Gasteiger partial charge is 0.225 e. The van der Waals surface area contributed by atoms with Crippen molar-refractivity contribution in [2.45, 2.75) is 37.7 Å². The van der Waals surface area contributed by atoms with Crippen LogP contribution in [0, 0.1) is 5.82 Å². The molecule has 1 amide bonds. The summed E-state index contributed by atoms with van der Waals surface area (Å²) in [4.78, 5) is 16.3. The number of amides is 1. The normalized spacial score (nSPS) is 21.2. The minimum absolute atomic E-state index is 0.0585. The van der Waals surface area contributed by atoms with Crippen molar-refractivity contribution >= 4 is 11.6 Å². The molecule has 0 unspecified atom stereocenters. The lowest BCUT2D eigenvalue weighted by molar-refractivity contribution is -0.136. The lowest BCUT2D eigenvalue weighted by atomic mass is 9.97. The van der Waals surface area contributed by atoms with Crippen molar-refractivity contribution in [3.05, 3.63) is 30.1 Å². The lowest BCUT2D eigenvalue weighted by Gasteiger charge is -2.37. The third-order valence-corrected chi connectivity index (χ3v) is 4.84. The molecule has 1 saturated heterocycles. The predicted octanol–water partition coefficient (Wildman–Crippen LogP) is 2.17. The van der Waals surface area contributed by atoms with E-state index in [1.807, 2.05) is 4.90 Å². The number of carbonyl (C=O) groups excluding carboxylic acids is 1. The molecule has 1 aromatic carbocycles. The van der Waals surface area contributed by atoms with Crippen molar-refractivity contribution in [1.29, 1.82) is 0 Å². The number of hydrogen-bond donors (Lipinski definition) is 1. The first-order valence-corrected chi connectivity index (χ1v) is 8.06. The summed E-state index contributed by atoms with van der Waals surface area (Å²) in [6.07, 6.45) is 3.77. The zero-order valence-corrected chi connectivity index (χ0v) is 12.8. The van der Waals surface area contributed by atoms with E-state index >= 15 is 0 Å². The molecule has 4 nitrogen and oxygen atoms in total. The Bertz CT molecular complexity index is 518. The molecule has 22 heavy (non-hydrogen) atoms. The molecule has 5 heteroatoms. The number of anilines is 1. The number of halogens is 1. The molecule has 1 aliphatic heterocycles. The van der Waals surface area contributed by atoms with Crippen LogP contribution in [0.1, 0.15) is 32.1 Å². The van der Waals surface area contributed by atoms with Crippen molar-refractivity contribution < 1.29 is 14.3 Å². The molecule has 0 radical (unpaired) electrons. The number of piperazine rings is 1. The minimum atomic E-state index is -0.773. The van der Waals surface area contributed by atoms with Gasteiger partial charge in [-0.3, -0.25) is 4.79 Å². The largest absolute Gasteiger partial charge is 0.389 e. The second kappa shape index (κ2) is 6.24. The third-order valence-electron chi connectivity index (χ3n) is 4.84. The van der Waals surface area contributed by atoms with Crippen LogP contribution in [-0.4, -0.2) is 47.7 Å². The van der Waals surface area contributed by atoms with Gasteiger partial charge < -0.3 is 14.9 Å². The fourth-order valence-corrected chi connectivity index (χ4v) is 3.47. The molecule has 2 fully saturated rings. The van der Waals surface area contributed by atoms with Gasteiger partial charge in [-0.15, -0.1) is 0 Å². The highest BCUT2D eigenvalue weighted by Gasteiger charge is 2.35. The van der Waals surface area contributed by atoms with E-state index in [0.717, 1.165) is 44.5 Å². The maximum atomic E-state index is 13.0. The maximum absolute atomic E-state index is 13.0. The van der Waals surface area contributed by atoms with Crippen molar-refractivity contribution in [3.63, 3.8) is 0 Å². The summed E-state index contributed by atoms with van der Waals surface area (Å²) < 4.78 is 13.0. The lowest BCUT2D eigenvalue weighted by Crippen LogP contribution is -2.50. The van der Waals surface area contributed by atoms with Crippen LogP contribution in [-0.2, 0) is 4.79 Å². The van der Waals surface area contributed by atoms with Crippen molar-refractivity contribution in [3.8, 4) is 0 Å². The average Bonchev–Trinajstić information content (AvgIpc) is 2.94. The standard InChI is InChI=1S/C17H23FN2O2/c18-14-3-5-15(6-4-14)19-9-11-20(12-10-19)16(21)13-17(22)7-1-2-8-17/h3-6,22H,1-2,7-13H2. The van der Waals surface area contributed by atoms with Crippen LogP contribution in [0.3, 0.4) is 0 Å². The molecule has 1 aliphatic carbocycles.